The number of rotatable bonds is 73. The zero-order valence-electron chi connectivity index (χ0n) is 62.0. The summed E-state index contributed by atoms with van der Waals surface area (Å²) in [4.78, 5) is 72.8. The Hall–Kier alpha value is -3.76. The van der Waals surface area contributed by atoms with Crippen LogP contribution in [0.2, 0.25) is 0 Å². The van der Waals surface area contributed by atoms with Crippen LogP contribution in [-0.4, -0.2) is 96.7 Å². The molecule has 5 atom stereocenters. The van der Waals surface area contributed by atoms with Gasteiger partial charge < -0.3 is 33.8 Å². The Balaban J connectivity index is 5.34. The van der Waals surface area contributed by atoms with E-state index in [0.29, 0.717) is 32.1 Å². The van der Waals surface area contributed by atoms with Crippen LogP contribution in [-0.2, 0) is 65.4 Å². The van der Waals surface area contributed by atoms with Gasteiger partial charge in [0, 0.05) is 25.7 Å². The van der Waals surface area contributed by atoms with Gasteiger partial charge in [-0.2, -0.15) is 0 Å². The molecule has 0 saturated carbocycles. The Morgan fingerprint density at radius 3 is 0.857 bits per heavy atom. The Morgan fingerprint density at radius 2 is 0.531 bits per heavy atom. The molecule has 0 saturated heterocycles. The van der Waals surface area contributed by atoms with E-state index in [0.717, 1.165) is 135 Å². The quantitative estimate of drug-likeness (QED) is 0.0169. The van der Waals surface area contributed by atoms with Crippen LogP contribution in [0.25, 0.3) is 0 Å². The second-order valence-corrected chi connectivity index (χ2v) is 28.8. The van der Waals surface area contributed by atoms with Crippen molar-refractivity contribution in [1.29, 1.82) is 0 Å². The lowest BCUT2D eigenvalue weighted by molar-refractivity contribution is -0.161. The highest BCUT2D eigenvalue weighted by molar-refractivity contribution is 7.47. The Morgan fingerprint density at radius 1 is 0.296 bits per heavy atom. The molecule has 98 heavy (non-hydrogen) atoms. The highest BCUT2D eigenvalue weighted by atomic mass is 31.2. The molecule has 5 unspecified atom stereocenters. The average molecular weight is 1420 g/mol. The summed E-state index contributed by atoms with van der Waals surface area (Å²) < 4.78 is 68.4. The largest absolute Gasteiger partial charge is 0.472 e. The number of aliphatic hydroxyl groups excluding tert-OH is 1. The molecule has 0 aliphatic heterocycles. The maximum absolute atomic E-state index is 13.1. The number of esters is 4. The lowest BCUT2D eigenvalue weighted by Crippen LogP contribution is -2.30. The van der Waals surface area contributed by atoms with Gasteiger partial charge in [0.2, 0.25) is 0 Å². The first kappa shape index (κ1) is 94.2. The molecule has 0 aromatic heterocycles. The molecule has 0 rings (SSSR count). The Kier molecular flexibility index (Phi) is 68.9. The van der Waals surface area contributed by atoms with Crippen LogP contribution >= 0.6 is 15.6 Å². The minimum atomic E-state index is -4.98. The van der Waals surface area contributed by atoms with Crippen molar-refractivity contribution in [3.05, 3.63) is 85.1 Å². The average Bonchev–Trinajstić information content (AvgIpc) is 1.06. The highest BCUT2D eigenvalue weighted by Gasteiger charge is 2.30. The molecule has 0 aliphatic rings. The zero-order chi connectivity index (χ0) is 71.8. The van der Waals surface area contributed by atoms with Gasteiger partial charge in [-0.3, -0.25) is 37.3 Å². The molecule has 568 valence electrons. The Bertz CT molecular complexity index is 2190. The second kappa shape index (κ2) is 71.6. The lowest BCUT2D eigenvalue weighted by Gasteiger charge is -2.21. The molecule has 0 spiro atoms. The lowest BCUT2D eigenvalue weighted by atomic mass is 10.0. The van der Waals surface area contributed by atoms with Crippen molar-refractivity contribution in [1.82, 2.24) is 0 Å². The molecule has 0 heterocycles. The minimum absolute atomic E-state index is 0.0408. The summed E-state index contributed by atoms with van der Waals surface area (Å²) in [7, 11) is -9.95. The predicted octanol–water partition coefficient (Wildman–Crippen LogP) is 22.2. The maximum atomic E-state index is 13.1. The Labute approximate surface area is 595 Å². The number of unbranched alkanes of at least 4 members (excludes halogenated alkanes) is 33. The zero-order valence-corrected chi connectivity index (χ0v) is 63.7. The van der Waals surface area contributed by atoms with Gasteiger partial charge in [0.05, 0.1) is 26.4 Å². The van der Waals surface area contributed by atoms with Crippen molar-refractivity contribution in [3.8, 4) is 0 Å². The molecule has 0 bridgehead atoms. The van der Waals surface area contributed by atoms with Crippen molar-refractivity contribution < 1.29 is 80.2 Å². The molecule has 3 N–H and O–H groups in total. The summed E-state index contributed by atoms with van der Waals surface area (Å²) in [6, 6.07) is 0. The fourth-order valence-corrected chi connectivity index (χ4v) is 12.0. The van der Waals surface area contributed by atoms with Crippen LogP contribution in [0.15, 0.2) is 85.1 Å². The fourth-order valence-electron chi connectivity index (χ4n) is 10.5. The van der Waals surface area contributed by atoms with Gasteiger partial charge in [-0.25, -0.2) is 9.13 Å². The van der Waals surface area contributed by atoms with Gasteiger partial charge >= 0.3 is 39.5 Å². The molecule has 0 aromatic carbocycles. The van der Waals surface area contributed by atoms with Crippen LogP contribution in [0, 0.1) is 0 Å². The molecule has 0 radical (unpaired) electrons. The SMILES string of the molecule is CC/C=C\C/C=C\C/C=C\C/C=C\CCCCC(=O)OC(COC(=O)CCCCCCCC/C=C\C/C=C\C/C=C\CCCCC)COP(=O)(O)OCC(O)COP(=O)(O)OCC(COC(=O)CCCCCCCCCCCCCCC)OC(=O)CCCCCCCCCCCCC. The molecule has 19 heteroatoms. The van der Waals surface area contributed by atoms with Crippen LogP contribution in [0.1, 0.15) is 336 Å². The summed E-state index contributed by atoms with van der Waals surface area (Å²) in [5.74, 6) is -2.21. The molecule has 17 nitrogen and oxygen atoms in total. The van der Waals surface area contributed by atoms with Crippen molar-refractivity contribution in [2.45, 2.75) is 354 Å². The number of phosphoric ester groups is 2. The minimum Gasteiger partial charge on any atom is -0.462 e. The molecule has 0 fully saturated rings. The van der Waals surface area contributed by atoms with Gasteiger partial charge in [0.25, 0.3) is 0 Å². The number of allylic oxidation sites excluding steroid dienone is 14. The standard InChI is InChI=1S/C79H140O17P2/c1-5-9-13-17-21-25-29-32-34-35-36-37-39-41-45-48-52-56-60-64-77(82)90-70-75(96-79(84)66-62-58-54-50-46-42-38-33-30-26-22-18-14-10-6-2)72-94-98(87,88)92-68-73(80)67-91-97(85,86)93-71-74(95-78(83)65-61-57-53-49-43-28-24-20-16-12-8-4)69-89-76(81)63-59-55-51-47-44-40-31-27-23-19-15-11-7-3/h10,14,21-22,25-26,32-34,36-38,46,50,73-75,80H,5-9,11-13,15-20,23-24,27-31,35,39-45,47-49,51-72H2,1-4H3,(H,85,86)(H,87,88)/b14-10-,25-21-,26-22-,34-32-,37-36-,38-33-,50-46-. The first-order valence-corrected chi connectivity index (χ1v) is 41.8. The van der Waals surface area contributed by atoms with Gasteiger partial charge in [0.15, 0.2) is 12.2 Å². The fraction of sp³-hybridized carbons (Fsp3) is 0.772. The molecule has 0 aliphatic carbocycles. The van der Waals surface area contributed by atoms with Crippen molar-refractivity contribution >= 4 is 39.5 Å². The molecule has 0 aromatic rings. The summed E-state index contributed by atoms with van der Waals surface area (Å²) in [6.45, 7) is 4.70. The van der Waals surface area contributed by atoms with Crippen molar-refractivity contribution in [3.63, 3.8) is 0 Å². The first-order chi connectivity index (χ1) is 47.7. The second-order valence-electron chi connectivity index (χ2n) is 25.9. The molecule has 0 amide bonds. The number of carbonyl (C=O) groups excluding carboxylic acids is 4. The van der Waals surface area contributed by atoms with E-state index in [1.807, 2.05) is 0 Å². The first-order valence-electron chi connectivity index (χ1n) is 38.8. The van der Waals surface area contributed by atoms with Crippen LogP contribution < -0.4 is 0 Å². The van der Waals surface area contributed by atoms with E-state index in [2.05, 4.69) is 113 Å². The maximum Gasteiger partial charge on any atom is 0.472 e. The van der Waals surface area contributed by atoms with Gasteiger partial charge in [-0.1, -0.05) is 293 Å². The number of aliphatic hydroxyl groups is 1. The van der Waals surface area contributed by atoms with Crippen LogP contribution in [0.4, 0.5) is 0 Å². The third-order valence-corrected chi connectivity index (χ3v) is 18.3. The predicted molar refractivity (Wildman–Crippen MR) is 399 cm³/mol. The topological polar surface area (TPSA) is 237 Å². The third-order valence-electron chi connectivity index (χ3n) is 16.4. The molecular formula is C79H140O17P2. The number of carbonyl (C=O) groups is 4. The summed E-state index contributed by atoms with van der Waals surface area (Å²) in [5, 5.41) is 10.6. The smallest absolute Gasteiger partial charge is 0.462 e. The van der Waals surface area contributed by atoms with Gasteiger partial charge in [-0.15, -0.1) is 0 Å². The van der Waals surface area contributed by atoms with E-state index in [1.54, 1.807) is 0 Å². The number of ether oxygens (including phenoxy) is 4. The van der Waals surface area contributed by atoms with Gasteiger partial charge in [0.1, 0.15) is 19.3 Å². The van der Waals surface area contributed by atoms with E-state index in [-0.39, 0.29) is 25.7 Å². The van der Waals surface area contributed by atoms with Crippen LogP contribution in [0.5, 0.6) is 0 Å². The van der Waals surface area contributed by atoms with Crippen LogP contribution in [0.3, 0.4) is 0 Å². The molecular weight excluding hydrogens is 1280 g/mol. The number of phosphoric acid groups is 2. The van der Waals surface area contributed by atoms with E-state index < -0.39 is 97.5 Å². The highest BCUT2D eigenvalue weighted by Crippen LogP contribution is 2.45. The third kappa shape index (κ3) is 70.7. The van der Waals surface area contributed by atoms with Gasteiger partial charge in [-0.05, 0) is 103 Å². The van der Waals surface area contributed by atoms with Crippen molar-refractivity contribution in [2.24, 2.45) is 0 Å². The monoisotopic (exact) mass is 1420 g/mol. The summed E-state index contributed by atoms with van der Waals surface area (Å²) in [6.07, 6.45) is 72.9. The van der Waals surface area contributed by atoms with E-state index in [4.69, 9.17) is 37.0 Å². The van der Waals surface area contributed by atoms with E-state index in [1.165, 1.54) is 116 Å². The number of hydrogen-bond donors (Lipinski definition) is 3. The summed E-state index contributed by atoms with van der Waals surface area (Å²) >= 11 is 0. The van der Waals surface area contributed by atoms with E-state index >= 15 is 0 Å². The van der Waals surface area contributed by atoms with E-state index in [9.17, 15) is 43.2 Å². The van der Waals surface area contributed by atoms with Crippen molar-refractivity contribution in [2.75, 3.05) is 39.6 Å². The summed E-state index contributed by atoms with van der Waals surface area (Å²) in [5.41, 5.74) is 0. The number of hydrogen-bond acceptors (Lipinski definition) is 15. The normalized spacial score (nSPS) is 14.4.